The van der Waals surface area contributed by atoms with E-state index in [1.807, 2.05) is 44.2 Å². The predicted molar refractivity (Wildman–Crippen MR) is 91.9 cm³/mol. The molecule has 5 heteroatoms. The highest BCUT2D eigenvalue weighted by atomic mass is 79.9. The third-order valence-electron chi connectivity index (χ3n) is 3.55. The Bertz CT molecular complexity index is 669. The van der Waals surface area contributed by atoms with Crippen LogP contribution in [0.1, 0.15) is 23.0 Å². The molecule has 0 aliphatic rings. The highest BCUT2D eigenvalue weighted by Crippen LogP contribution is 2.36. The van der Waals surface area contributed by atoms with Gasteiger partial charge in [-0.15, -0.1) is 0 Å². The molecule has 0 spiro atoms. The van der Waals surface area contributed by atoms with Gasteiger partial charge in [-0.1, -0.05) is 27.5 Å². The van der Waals surface area contributed by atoms with Crippen LogP contribution in [0.2, 0.25) is 5.02 Å². The zero-order chi connectivity index (χ0) is 16.3. The third-order valence-corrected chi connectivity index (χ3v) is 4.45. The average molecular weight is 386 g/mol. The first kappa shape index (κ1) is 17.3. The molecule has 0 aliphatic heterocycles. The summed E-state index contributed by atoms with van der Waals surface area (Å²) in [6.45, 7) is 3.96. The van der Waals surface area contributed by atoms with Crippen LogP contribution >= 0.6 is 27.5 Å². The smallest absolute Gasteiger partial charge is 0.186 e. The normalized spacial score (nSPS) is 11.0. The molecule has 2 rings (SSSR count). The molecule has 0 aliphatic carbocycles. The predicted octanol–water partition coefficient (Wildman–Crippen LogP) is 5.80. The summed E-state index contributed by atoms with van der Waals surface area (Å²) in [5.41, 5.74) is 2.83. The largest absolute Gasteiger partial charge is 0.457 e. The molecule has 0 radical (unpaired) electrons. The van der Waals surface area contributed by atoms with Gasteiger partial charge in [-0.05, 0) is 55.3 Å². The lowest BCUT2D eigenvalue weighted by Crippen LogP contribution is -2.06. The van der Waals surface area contributed by atoms with Gasteiger partial charge in [0, 0.05) is 23.7 Å². The monoisotopic (exact) mass is 384 g/mol. The van der Waals surface area contributed by atoms with E-state index in [4.69, 9.17) is 25.8 Å². The van der Waals surface area contributed by atoms with Gasteiger partial charge in [-0.3, -0.25) is 0 Å². The maximum atomic E-state index is 6.14. The minimum absolute atomic E-state index is 0.489. The van der Waals surface area contributed by atoms with Crippen molar-refractivity contribution in [3.8, 4) is 11.5 Å². The summed E-state index contributed by atoms with van der Waals surface area (Å²) in [5, 5.41) is 0.728. The van der Waals surface area contributed by atoms with Crippen LogP contribution in [-0.4, -0.2) is 14.2 Å². The standard InChI is InChI=1S/C17H18BrClO3/c1-10-11(2)15(8-7-14(10)19)22-16-9-12(18)5-6-13(16)17(20-3)21-4/h5-9,17H,1-4H3. The SMILES string of the molecule is COC(OC)c1ccc(Br)cc1Oc1ccc(Cl)c(C)c1C. The van der Waals surface area contributed by atoms with Gasteiger partial charge < -0.3 is 14.2 Å². The Balaban J connectivity index is 2.45. The third kappa shape index (κ3) is 3.63. The van der Waals surface area contributed by atoms with E-state index in [2.05, 4.69) is 15.9 Å². The first-order chi connectivity index (χ1) is 10.5. The number of hydrogen-bond acceptors (Lipinski definition) is 3. The van der Waals surface area contributed by atoms with Crippen molar-refractivity contribution >= 4 is 27.5 Å². The van der Waals surface area contributed by atoms with Crippen molar-refractivity contribution in [2.45, 2.75) is 20.1 Å². The van der Waals surface area contributed by atoms with Gasteiger partial charge in [0.25, 0.3) is 0 Å². The van der Waals surface area contributed by atoms with E-state index < -0.39 is 6.29 Å². The molecule has 0 amide bonds. The number of methoxy groups -OCH3 is 2. The van der Waals surface area contributed by atoms with E-state index in [-0.39, 0.29) is 0 Å². The van der Waals surface area contributed by atoms with Crippen molar-refractivity contribution in [1.82, 2.24) is 0 Å². The molecule has 0 N–H and O–H groups in total. The first-order valence-electron chi connectivity index (χ1n) is 6.76. The lowest BCUT2D eigenvalue weighted by atomic mass is 10.1. The Labute approximate surface area is 144 Å². The molecule has 22 heavy (non-hydrogen) atoms. The summed E-state index contributed by atoms with van der Waals surface area (Å²) >= 11 is 9.60. The first-order valence-corrected chi connectivity index (χ1v) is 7.93. The van der Waals surface area contributed by atoms with Crippen molar-refractivity contribution in [3.63, 3.8) is 0 Å². The minimum Gasteiger partial charge on any atom is -0.457 e. The summed E-state index contributed by atoms with van der Waals surface area (Å²) < 4.78 is 17.7. The lowest BCUT2D eigenvalue weighted by Gasteiger charge is -2.19. The fraction of sp³-hybridized carbons (Fsp3) is 0.294. The molecule has 0 heterocycles. The van der Waals surface area contributed by atoms with Gasteiger partial charge in [-0.2, -0.15) is 0 Å². The molecule has 0 unspecified atom stereocenters. The lowest BCUT2D eigenvalue weighted by molar-refractivity contribution is -0.106. The summed E-state index contributed by atoms with van der Waals surface area (Å²) in [6.07, 6.45) is -0.489. The highest BCUT2D eigenvalue weighted by molar-refractivity contribution is 9.10. The van der Waals surface area contributed by atoms with Crippen molar-refractivity contribution in [3.05, 3.63) is 56.5 Å². The maximum Gasteiger partial charge on any atom is 0.186 e. The second-order valence-corrected chi connectivity index (χ2v) is 6.21. The van der Waals surface area contributed by atoms with Gasteiger partial charge in [0.1, 0.15) is 11.5 Å². The quantitative estimate of drug-likeness (QED) is 0.608. The Morgan fingerprint density at radius 1 is 0.955 bits per heavy atom. The molecule has 118 valence electrons. The number of rotatable bonds is 5. The van der Waals surface area contributed by atoms with E-state index in [1.54, 1.807) is 14.2 Å². The van der Waals surface area contributed by atoms with Crippen LogP contribution in [0.15, 0.2) is 34.8 Å². The van der Waals surface area contributed by atoms with Crippen molar-refractivity contribution < 1.29 is 14.2 Å². The Kier molecular flexibility index (Phi) is 5.87. The maximum absolute atomic E-state index is 6.14. The molecule has 0 saturated heterocycles. The molecule has 0 bridgehead atoms. The summed E-state index contributed by atoms with van der Waals surface area (Å²) in [7, 11) is 3.19. The molecule has 0 saturated carbocycles. The van der Waals surface area contributed by atoms with E-state index in [1.165, 1.54) is 0 Å². The highest BCUT2D eigenvalue weighted by Gasteiger charge is 2.17. The Morgan fingerprint density at radius 3 is 2.27 bits per heavy atom. The van der Waals surface area contributed by atoms with E-state index in [9.17, 15) is 0 Å². The fourth-order valence-corrected chi connectivity index (χ4v) is 2.68. The van der Waals surface area contributed by atoms with Crippen LogP contribution < -0.4 is 4.74 Å². The van der Waals surface area contributed by atoms with E-state index in [0.717, 1.165) is 31.9 Å². The summed E-state index contributed by atoms with van der Waals surface area (Å²) in [6, 6.07) is 9.43. The van der Waals surface area contributed by atoms with Gasteiger partial charge >= 0.3 is 0 Å². The van der Waals surface area contributed by atoms with Crippen LogP contribution in [0, 0.1) is 13.8 Å². The van der Waals surface area contributed by atoms with Crippen LogP contribution in [0.25, 0.3) is 0 Å². The fourth-order valence-electron chi connectivity index (χ4n) is 2.13. The summed E-state index contributed by atoms with van der Waals surface area (Å²) in [4.78, 5) is 0. The summed E-state index contributed by atoms with van der Waals surface area (Å²) in [5.74, 6) is 1.43. The van der Waals surface area contributed by atoms with Crippen molar-refractivity contribution in [2.24, 2.45) is 0 Å². The number of ether oxygens (including phenoxy) is 3. The molecule has 0 atom stereocenters. The number of halogens is 2. The van der Waals surface area contributed by atoms with Gasteiger partial charge in [0.05, 0.1) is 5.56 Å². The van der Waals surface area contributed by atoms with Crippen LogP contribution in [0.5, 0.6) is 11.5 Å². The Hall–Kier alpha value is -1.07. The van der Waals surface area contributed by atoms with Crippen LogP contribution in [0.3, 0.4) is 0 Å². The average Bonchev–Trinajstić information content (AvgIpc) is 2.51. The minimum atomic E-state index is -0.489. The molecule has 0 aromatic heterocycles. The molecule has 2 aromatic carbocycles. The topological polar surface area (TPSA) is 27.7 Å². The Morgan fingerprint density at radius 2 is 1.64 bits per heavy atom. The molecular formula is C17H18BrClO3. The van der Waals surface area contributed by atoms with E-state index >= 15 is 0 Å². The second kappa shape index (κ2) is 7.47. The van der Waals surface area contributed by atoms with Crippen molar-refractivity contribution in [2.75, 3.05) is 14.2 Å². The molecule has 0 fully saturated rings. The molecular weight excluding hydrogens is 368 g/mol. The second-order valence-electron chi connectivity index (χ2n) is 4.88. The number of benzene rings is 2. The van der Waals surface area contributed by atoms with Crippen molar-refractivity contribution in [1.29, 1.82) is 0 Å². The van der Waals surface area contributed by atoms with Gasteiger partial charge in [0.15, 0.2) is 6.29 Å². The van der Waals surface area contributed by atoms with Crippen LogP contribution in [0.4, 0.5) is 0 Å². The molecule has 3 nitrogen and oxygen atoms in total. The zero-order valence-corrected chi connectivity index (χ0v) is 15.3. The van der Waals surface area contributed by atoms with Gasteiger partial charge in [-0.25, -0.2) is 0 Å². The van der Waals surface area contributed by atoms with Gasteiger partial charge in [0.2, 0.25) is 0 Å². The zero-order valence-electron chi connectivity index (χ0n) is 12.9. The van der Waals surface area contributed by atoms with Crippen LogP contribution in [-0.2, 0) is 9.47 Å². The molecule has 2 aromatic rings. The number of hydrogen-bond donors (Lipinski definition) is 0. The van der Waals surface area contributed by atoms with E-state index in [0.29, 0.717) is 5.75 Å².